The number of hydrogen-bond acceptors (Lipinski definition) is 5. The van der Waals surface area contributed by atoms with Crippen LogP contribution < -0.4 is 4.74 Å². The molecule has 3 aromatic rings. The fourth-order valence-electron chi connectivity index (χ4n) is 1.82. The topological polar surface area (TPSA) is 55.0 Å². The van der Waals surface area contributed by atoms with Gasteiger partial charge in [0.05, 0.1) is 26.7 Å². The minimum atomic E-state index is 0.644. The van der Waals surface area contributed by atoms with Gasteiger partial charge in [0, 0.05) is 6.07 Å². The molecule has 0 fully saturated rings. The van der Waals surface area contributed by atoms with Gasteiger partial charge in [-0.05, 0) is 43.0 Å². The van der Waals surface area contributed by atoms with E-state index in [1.54, 1.807) is 0 Å². The lowest BCUT2D eigenvalue weighted by molar-refractivity contribution is 0.112. The molecular formula is C14H12N2O2S2. The van der Waals surface area contributed by atoms with Crippen molar-refractivity contribution >= 4 is 40.4 Å². The van der Waals surface area contributed by atoms with Crippen LogP contribution in [0.15, 0.2) is 39.7 Å². The molecule has 0 unspecified atom stereocenters. The molecule has 1 N–H and O–H groups in total. The summed E-state index contributed by atoms with van der Waals surface area (Å²) in [6.07, 6.45) is 0.863. The summed E-state index contributed by atoms with van der Waals surface area (Å²) in [5, 5.41) is 0.813. The third-order valence-corrected chi connectivity index (χ3v) is 4.69. The minimum absolute atomic E-state index is 0.644. The molecule has 0 saturated heterocycles. The van der Waals surface area contributed by atoms with Crippen LogP contribution in [0.4, 0.5) is 0 Å². The third-order valence-electron chi connectivity index (χ3n) is 2.66. The fraction of sp³-hybridized carbons (Fsp3) is 0.143. The third kappa shape index (κ3) is 2.71. The van der Waals surface area contributed by atoms with Crippen molar-refractivity contribution in [1.29, 1.82) is 0 Å². The molecule has 0 amide bonds. The number of benzene rings is 1. The average molecular weight is 304 g/mol. The van der Waals surface area contributed by atoms with Gasteiger partial charge in [-0.2, -0.15) is 0 Å². The smallest absolute Gasteiger partial charge is 0.172 e. The molecule has 20 heavy (non-hydrogen) atoms. The molecule has 3 rings (SSSR count). The van der Waals surface area contributed by atoms with Crippen LogP contribution in [0, 0.1) is 0 Å². The van der Waals surface area contributed by atoms with E-state index in [9.17, 15) is 4.79 Å². The molecule has 0 radical (unpaired) electrons. The number of nitrogens with one attached hydrogen (secondary N) is 1. The number of carbonyl (C=O) groups is 1. The monoisotopic (exact) mass is 304 g/mol. The quantitative estimate of drug-likeness (QED) is 0.724. The van der Waals surface area contributed by atoms with Crippen molar-refractivity contribution in [1.82, 2.24) is 9.97 Å². The highest BCUT2D eigenvalue weighted by Gasteiger charge is 2.07. The SMILES string of the molecule is CCOc1ccc2nc(Sc3ccc(C=O)s3)[nH]c2c1. The Morgan fingerprint density at radius 3 is 3.05 bits per heavy atom. The maximum atomic E-state index is 10.7. The predicted molar refractivity (Wildman–Crippen MR) is 81.1 cm³/mol. The first kappa shape index (κ1) is 13.2. The maximum absolute atomic E-state index is 10.7. The van der Waals surface area contributed by atoms with Gasteiger partial charge in [0.1, 0.15) is 5.75 Å². The Morgan fingerprint density at radius 1 is 1.40 bits per heavy atom. The zero-order valence-electron chi connectivity index (χ0n) is 10.8. The van der Waals surface area contributed by atoms with E-state index in [2.05, 4.69) is 9.97 Å². The highest BCUT2D eigenvalue weighted by atomic mass is 32.2. The lowest BCUT2D eigenvalue weighted by Gasteiger charge is -2.00. The first-order valence-corrected chi connectivity index (χ1v) is 7.77. The zero-order chi connectivity index (χ0) is 13.9. The van der Waals surface area contributed by atoms with E-state index >= 15 is 0 Å². The van der Waals surface area contributed by atoms with E-state index in [0.717, 1.165) is 37.3 Å². The van der Waals surface area contributed by atoms with Crippen LogP contribution in [0.2, 0.25) is 0 Å². The Hall–Kier alpha value is -1.79. The van der Waals surface area contributed by atoms with Crippen LogP contribution in [0.5, 0.6) is 5.75 Å². The van der Waals surface area contributed by atoms with E-state index in [1.807, 2.05) is 37.3 Å². The number of aldehydes is 1. The first-order chi connectivity index (χ1) is 9.78. The van der Waals surface area contributed by atoms with Crippen LogP contribution in [-0.4, -0.2) is 22.9 Å². The number of aromatic nitrogens is 2. The number of hydrogen-bond donors (Lipinski definition) is 1. The van der Waals surface area contributed by atoms with Gasteiger partial charge in [-0.25, -0.2) is 4.98 Å². The van der Waals surface area contributed by atoms with Crippen LogP contribution in [0.3, 0.4) is 0 Å². The number of ether oxygens (including phenoxy) is 1. The summed E-state index contributed by atoms with van der Waals surface area (Å²) in [7, 11) is 0. The second-order valence-corrected chi connectivity index (χ2v) is 6.44. The standard InChI is InChI=1S/C14H12N2O2S2/c1-2-18-9-3-5-11-12(7-9)16-14(15-11)20-13-6-4-10(8-17)19-13/h3-8H,2H2,1H3,(H,15,16). The van der Waals surface area contributed by atoms with Crippen molar-refractivity contribution in [2.24, 2.45) is 0 Å². The number of carbonyl (C=O) groups excluding carboxylic acids is 1. The molecule has 0 saturated carbocycles. The van der Waals surface area contributed by atoms with Gasteiger partial charge in [-0.3, -0.25) is 4.79 Å². The van der Waals surface area contributed by atoms with Crippen molar-refractivity contribution < 1.29 is 9.53 Å². The molecule has 0 bridgehead atoms. The second kappa shape index (κ2) is 5.68. The number of fused-ring (bicyclic) bond motifs is 1. The first-order valence-electron chi connectivity index (χ1n) is 6.14. The molecule has 0 aliphatic heterocycles. The van der Waals surface area contributed by atoms with Crippen molar-refractivity contribution in [3.63, 3.8) is 0 Å². The van der Waals surface area contributed by atoms with Crippen LogP contribution in [-0.2, 0) is 0 Å². The van der Waals surface area contributed by atoms with Crippen molar-refractivity contribution in [3.8, 4) is 5.75 Å². The summed E-state index contributed by atoms with van der Waals surface area (Å²) in [5.41, 5.74) is 1.86. The summed E-state index contributed by atoms with van der Waals surface area (Å²) in [4.78, 5) is 19.2. The van der Waals surface area contributed by atoms with Gasteiger partial charge in [0.25, 0.3) is 0 Å². The van der Waals surface area contributed by atoms with Crippen LogP contribution >= 0.6 is 23.1 Å². The molecule has 6 heteroatoms. The fourth-order valence-corrected chi connectivity index (χ4v) is 3.69. The molecule has 0 aliphatic carbocycles. The number of thiophene rings is 1. The predicted octanol–water partition coefficient (Wildman–Crippen LogP) is 3.99. The highest BCUT2D eigenvalue weighted by Crippen LogP contribution is 2.32. The maximum Gasteiger partial charge on any atom is 0.172 e. The van der Waals surface area contributed by atoms with E-state index < -0.39 is 0 Å². The van der Waals surface area contributed by atoms with Gasteiger partial charge in [-0.1, -0.05) is 0 Å². The normalized spacial score (nSPS) is 10.8. The van der Waals surface area contributed by atoms with Gasteiger partial charge >= 0.3 is 0 Å². The Bertz CT molecular complexity index is 749. The molecule has 1 aromatic carbocycles. The summed E-state index contributed by atoms with van der Waals surface area (Å²) in [5.74, 6) is 0.833. The lowest BCUT2D eigenvalue weighted by Crippen LogP contribution is -1.90. The number of imidazole rings is 1. The molecule has 0 atom stereocenters. The van der Waals surface area contributed by atoms with Gasteiger partial charge in [0.2, 0.25) is 0 Å². The van der Waals surface area contributed by atoms with Crippen molar-refractivity contribution in [3.05, 3.63) is 35.2 Å². The summed E-state index contributed by atoms with van der Waals surface area (Å²) < 4.78 is 6.51. The Kier molecular flexibility index (Phi) is 3.75. The molecule has 0 aliphatic rings. The van der Waals surface area contributed by atoms with E-state index in [4.69, 9.17) is 4.74 Å². The Labute approximate surface area is 124 Å². The molecule has 2 aromatic heterocycles. The van der Waals surface area contributed by atoms with Crippen molar-refractivity contribution in [2.75, 3.05) is 6.61 Å². The molecular weight excluding hydrogens is 292 g/mol. The summed E-state index contributed by atoms with van der Waals surface area (Å²) >= 11 is 2.98. The Balaban J connectivity index is 1.86. The van der Waals surface area contributed by atoms with Crippen LogP contribution in [0.1, 0.15) is 16.6 Å². The molecule has 4 nitrogen and oxygen atoms in total. The highest BCUT2D eigenvalue weighted by molar-refractivity contribution is 8.01. The number of aromatic amines is 1. The summed E-state index contributed by atoms with van der Waals surface area (Å²) in [6.45, 7) is 2.60. The van der Waals surface area contributed by atoms with E-state index in [-0.39, 0.29) is 0 Å². The molecule has 2 heterocycles. The lowest BCUT2D eigenvalue weighted by atomic mass is 10.3. The van der Waals surface area contributed by atoms with Crippen molar-refractivity contribution in [2.45, 2.75) is 16.3 Å². The number of nitrogens with zero attached hydrogens (tertiary/aromatic N) is 1. The minimum Gasteiger partial charge on any atom is -0.494 e. The Morgan fingerprint density at radius 2 is 2.30 bits per heavy atom. The molecule has 102 valence electrons. The van der Waals surface area contributed by atoms with Gasteiger partial charge < -0.3 is 9.72 Å². The zero-order valence-corrected chi connectivity index (χ0v) is 12.4. The van der Waals surface area contributed by atoms with Gasteiger partial charge in [-0.15, -0.1) is 11.3 Å². The average Bonchev–Trinajstić information content (AvgIpc) is 3.05. The van der Waals surface area contributed by atoms with E-state index in [1.165, 1.54) is 23.1 Å². The number of H-pyrrole nitrogens is 1. The summed E-state index contributed by atoms with van der Waals surface area (Å²) in [6, 6.07) is 9.54. The van der Waals surface area contributed by atoms with Gasteiger partial charge in [0.15, 0.2) is 11.4 Å². The van der Waals surface area contributed by atoms with E-state index in [0.29, 0.717) is 6.61 Å². The van der Waals surface area contributed by atoms with Crippen LogP contribution in [0.25, 0.3) is 11.0 Å². The largest absolute Gasteiger partial charge is 0.494 e. The number of rotatable bonds is 5. The second-order valence-electron chi connectivity index (χ2n) is 4.03. The molecule has 0 spiro atoms.